The van der Waals surface area contributed by atoms with Crippen LogP contribution in [0.1, 0.15) is 12.5 Å². The zero-order chi connectivity index (χ0) is 23.2. The number of carbonyl (C=O) groups is 1. The van der Waals surface area contributed by atoms with Crippen LogP contribution in [0.5, 0.6) is 11.5 Å². The van der Waals surface area contributed by atoms with Crippen LogP contribution in [0.25, 0.3) is 16.6 Å². The molecule has 0 aliphatic rings. The SMILES string of the molecule is CCOc1ccc(-n2c(SCc3cccc(OCC(N)=O)c3)nc3ccccc3c2=O)cc1. The highest BCUT2D eigenvalue weighted by Gasteiger charge is 2.14. The minimum Gasteiger partial charge on any atom is -0.494 e. The highest BCUT2D eigenvalue weighted by Crippen LogP contribution is 2.27. The van der Waals surface area contributed by atoms with Gasteiger partial charge in [0.15, 0.2) is 11.8 Å². The Morgan fingerprint density at radius 2 is 1.79 bits per heavy atom. The molecule has 0 atom stereocenters. The number of nitrogens with two attached hydrogens (primary N) is 1. The molecule has 1 heterocycles. The molecular weight excluding hydrogens is 438 g/mol. The van der Waals surface area contributed by atoms with Gasteiger partial charge in [-0.15, -0.1) is 0 Å². The van der Waals surface area contributed by atoms with Gasteiger partial charge in [-0.25, -0.2) is 4.98 Å². The third-order valence-electron chi connectivity index (χ3n) is 4.80. The standard InChI is InChI=1S/C25H23N3O4S/c1-2-31-19-12-10-18(11-13-19)28-24(30)21-8-3-4-9-22(21)27-25(28)33-16-17-6-5-7-20(14-17)32-15-23(26)29/h3-14H,2,15-16H2,1H3,(H2,26,29). The highest BCUT2D eigenvalue weighted by atomic mass is 32.2. The van der Waals surface area contributed by atoms with Crippen LogP contribution in [0.3, 0.4) is 0 Å². The van der Waals surface area contributed by atoms with Crippen LogP contribution in [0.2, 0.25) is 0 Å². The van der Waals surface area contributed by atoms with Crippen molar-refractivity contribution in [1.29, 1.82) is 0 Å². The summed E-state index contributed by atoms with van der Waals surface area (Å²) in [6.45, 7) is 2.31. The van der Waals surface area contributed by atoms with Crippen LogP contribution < -0.4 is 20.8 Å². The summed E-state index contributed by atoms with van der Waals surface area (Å²) in [5, 5.41) is 1.13. The molecule has 0 aliphatic carbocycles. The molecule has 7 nitrogen and oxygen atoms in total. The van der Waals surface area contributed by atoms with Gasteiger partial charge in [0.05, 0.1) is 23.2 Å². The van der Waals surface area contributed by atoms with E-state index in [1.54, 1.807) is 16.7 Å². The fourth-order valence-corrected chi connectivity index (χ4v) is 4.28. The molecule has 0 unspecified atom stereocenters. The van der Waals surface area contributed by atoms with Crippen LogP contribution >= 0.6 is 11.8 Å². The average molecular weight is 462 g/mol. The van der Waals surface area contributed by atoms with Crippen molar-refractivity contribution in [3.8, 4) is 17.2 Å². The van der Waals surface area contributed by atoms with Crippen molar-refractivity contribution in [1.82, 2.24) is 9.55 Å². The Labute approximate surface area is 195 Å². The van der Waals surface area contributed by atoms with Crippen molar-refractivity contribution >= 4 is 28.6 Å². The average Bonchev–Trinajstić information content (AvgIpc) is 2.83. The van der Waals surface area contributed by atoms with E-state index < -0.39 is 5.91 Å². The second-order valence-electron chi connectivity index (χ2n) is 7.17. The summed E-state index contributed by atoms with van der Waals surface area (Å²) in [5.41, 5.74) is 7.34. The van der Waals surface area contributed by atoms with Crippen molar-refractivity contribution in [3.05, 3.63) is 88.7 Å². The molecule has 3 aromatic carbocycles. The molecule has 0 fully saturated rings. The number of rotatable bonds is 9. The first-order chi connectivity index (χ1) is 16.0. The molecule has 8 heteroatoms. The molecule has 0 bridgehead atoms. The van der Waals surface area contributed by atoms with Crippen LogP contribution in [0.15, 0.2) is 82.7 Å². The lowest BCUT2D eigenvalue weighted by Gasteiger charge is -2.14. The van der Waals surface area contributed by atoms with Crippen molar-refractivity contribution in [2.75, 3.05) is 13.2 Å². The van der Waals surface area contributed by atoms with Crippen LogP contribution in [-0.4, -0.2) is 28.7 Å². The topological polar surface area (TPSA) is 96.4 Å². The van der Waals surface area contributed by atoms with E-state index in [0.717, 1.165) is 11.3 Å². The number of thioether (sulfide) groups is 1. The fourth-order valence-electron chi connectivity index (χ4n) is 3.32. The Hall–Kier alpha value is -3.78. The van der Waals surface area contributed by atoms with Crippen LogP contribution in [0, 0.1) is 0 Å². The third-order valence-corrected chi connectivity index (χ3v) is 5.81. The van der Waals surface area contributed by atoms with Crippen molar-refractivity contribution < 1.29 is 14.3 Å². The van der Waals surface area contributed by atoms with E-state index in [1.807, 2.05) is 67.6 Å². The Morgan fingerprint density at radius 3 is 2.55 bits per heavy atom. The van der Waals surface area contributed by atoms with Gasteiger partial charge in [0.1, 0.15) is 11.5 Å². The lowest BCUT2D eigenvalue weighted by Crippen LogP contribution is -2.21. The first-order valence-electron chi connectivity index (χ1n) is 10.4. The van der Waals surface area contributed by atoms with Gasteiger partial charge < -0.3 is 15.2 Å². The maximum atomic E-state index is 13.4. The molecule has 0 saturated heterocycles. The maximum Gasteiger partial charge on any atom is 0.266 e. The summed E-state index contributed by atoms with van der Waals surface area (Å²) >= 11 is 1.44. The van der Waals surface area contributed by atoms with E-state index in [2.05, 4.69) is 0 Å². The lowest BCUT2D eigenvalue weighted by atomic mass is 10.2. The predicted molar refractivity (Wildman–Crippen MR) is 129 cm³/mol. The molecule has 1 aromatic heterocycles. The van der Waals surface area contributed by atoms with Crippen molar-refractivity contribution in [2.45, 2.75) is 17.8 Å². The number of amides is 1. The summed E-state index contributed by atoms with van der Waals surface area (Å²) in [5.74, 6) is 1.32. The van der Waals surface area contributed by atoms with Gasteiger partial charge in [0, 0.05) is 5.75 Å². The second kappa shape index (κ2) is 10.2. The number of hydrogen-bond acceptors (Lipinski definition) is 6. The first kappa shape index (κ1) is 22.4. The highest BCUT2D eigenvalue weighted by molar-refractivity contribution is 7.98. The normalized spacial score (nSPS) is 10.8. The molecule has 4 aromatic rings. The van der Waals surface area contributed by atoms with Gasteiger partial charge in [0.25, 0.3) is 11.5 Å². The molecule has 0 aliphatic heterocycles. The Kier molecular flexibility index (Phi) is 6.95. The number of carbonyl (C=O) groups excluding carboxylic acids is 1. The zero-order valence-electron chi connectivity index (χ0n) is 18.1. The third kappa shape index (κ3) is 5.35. The molecule has 1 amide bonds. The van der Waals surface area contributed by atoms with E-state index in [-0.39, 0.29) is 12.2 Å². The summed E-state index contributed by atoms with van der Waals surface area (Å²) in [4.78, 5) is 29.1. The number of primary amides is 1. The molecule has 33 heavy (non-hydrogen) atoms. The molecule has 168 valence electrons. The van der Waals surface area contributed by atoms with Gasteiger partial charge in [0.2, 0.25) is 0 Å². The zero-order valence-corrected chi connectivity index (χ0v) is 18.9. The monoisotopic (exact) mass is 461 g/mol. The number of fused-ring (bicyclic) bond motifs is 1. The minimum atomic E-state index is -0.533. The molecular formula is C25H23N3O4S. The lowest BCUT2D eigenvalue weighted by molar-refractivity contribution is -0.119. The van der Waals surface area contributed by atoms with E-state index in [0.29, 0.717) is 39.9 Å². The van der Waals surface area contributed by atoms with E-state index >= 15 is 0 Å². The summed E-state index contributed by atoms with van der Waals surface area (Å²) in [7, 11) is 0. The quantitative estimate of drug-likeness (QED) is 0.300. The molecule has 0 spiro atoms. The number of nitrogens with zero attached hydrogens (tertiary/aromatic N) is 2. The Bertz CT molecular complexity index is 1340. The first-order valence-corrected chi connectivity index (χ1v) is 11.4. The molecule has 0 radical (unpaired) electrons. The van der Waals surface area contributed by atoms with Crippen LogP contribution in [-0.2, 0) is 10.5 Å². The maximum absolute atomic E-state index is 13.4. The van der Waals surface area contributed by atoms with Crippen LogP contribution in [0.4, 0.5) is 0 Å². The van der Waals surface area contributed by atoms with Gasteiger partial charge in [-0.2, -0.15) is 0 Å². The van der Waals surface area contributed by atoms with E-state index in [1.165, 1.54) is 11.8 Å². The van der Waals surface area contributed by atoms with Crippen molar-refractivity contribution in [3.63, 3.8) is 0 Å². The fraction of sp³-hybridized carbons (Fsp3) is 0.160. The second-order valence-corrected chi connectivity index (χ2v) is 8.11. The Morgan fingerprint density at radius 1 is 1.00 bits per heavy atom. The number of hydrogen-bond donors (Lipinski definition) is 1. The molecule has 4 rings (SSSR count). The smallest absolute Gasteiger partial charge is 0.266 e. The van der Waals surface area contributed by atoms with Crippen molar-refractivity contribution in [2.24, 2.45) is 5.73 Å². The number of para-hydroxylation sites is 1. The van der Waals surface area contributed by atoms with Gasteiger partial charge >= 0.3 is 0 Å². The minimum absolute atomic E-state index is 0.134. The van der Waals surface area contributed by atoms with E-state index in [9.17, 15) is 9.59 Å². The number of ether oxygens (including phenoxy) is 2. The van der Waals surface area contributed by atoms with Gasteiger partial charge in [-0.1, -0.05) is 36.0 Å². The Balaban J connectivity index is 1.68. The molecule has 0 saturated carbocycles. The van der Waals surface area contributed by atoms with Gasteiger partial charge in [-0.05, 0) is 61.0 Å². The number of benzene rings is 3. The largest absolute Gasteiger partial charge is 0.494 e. The van der Waals surface area contributed by atoms with Gasteiger partial charge in [-0.3, -0.25) is 14.2 Å². The summed E-state index contributed by atoms with van der Waals surface area (Å²) < 4.78 is 12.5. The molecule has 2 N–H and O–H groups in total. The summed E-state index contributed by atoms with van der Waals surface area (Å²) in [6, 6.07) is 22.1. The summed E-state index contributed by atoms with van der Waals surface area (Å²) in [6.07, 6.45) is 0. The number of aromatic nitrogens is 2. The van der Waals surface area contributed by atoms with E-state index in [4.69, 9.17) is 20.2 Å². The predicted octanol–water partition coefficient (Wildman–Crippen LogP) is 3.94.